The molecule has 148 valence electrons. The van der Waals surface area contributed by atoms with Crippen molar-refractivity contribution >= 4 is 39.1 Å². The van der Waals surface area contributed by atoms with Gasteiger partial charge in [-0.25, -0.2) is 8.42 Å². The molecule has 1 aliphatic rings. The van der Waals surface area contributed by atoms with Crippen LogP contribution in [0.2, 0.25) is 0 Å². The molecule has 1 aliphatic heterocycles. The zero-order valence-corrected chi connectivity index (χ0v) is 17.1. The van der Waals surface area contributed by atoms with Gasteiger partial charge in [0.05, 0.1) is 15.8 Å². The second kappa shape index (κ2) is 8.79. The van der Waals surface area contributed by atoms with Gasteiger partial charge in [-0.2, -0.15) is 0 Å². The number of fused-ring (bicyclic) bond motifs is 1. The summed E-state index contributed by atoms with van der Waals surface area (Å²) in [4.78, 5) is 24.9. The van der Waals surface area contributed by atoms with E-state index in [2.05, 4.69) is 10.6 Å². The first-order chi connectivity index (χ1) is 13.4. The van der Waals surface area contributed by atoms with Crippen molar-refractivity contribution < 1.29 is 18.0 Å². The first-order valence-corrected chi connectivity index (χ1v) is 11.5. The minimum Gasteiger partial charge on any atom is -0.352 e. The van der Waals surface area contributed by atoms with Crippen molar-refractivity contribution in [2.45, 2.75) is 41.4 Å². The van der Waals surface area contributed by atoms with Gasteiger partial charge in [0, 0.05) is 30.0 Å². The number of rotatable bonds is 6. The van der Waals surface area contributed by atoms with E-state index in [4.69, 9.17) is 0 Å². The van der Waals surface area contributed by atoms with Gasteiger partial charge >= 0.3 is 0 Å². The highest BCUT2D eigenvalue weighted by Crippen LogP contribution is 2.33. The number of thioether (sulfide) groups is 1. The monoisotopic (exact) mass is 418 g/mol. The van der Waals surface area contributed by atoms with E-state index in [9.17, 15) is 18.0 Å². The Morgan fingerprint density at radius 1 is 1.21 bits per heavy atom. The predicted molar refractivity (Wildman–Crippen MR) is 110 cm³/mol. The molecule has 0 spiro atoms. The Hall–Kier alpha value is -2.32. The summed E-state index contributed by atoms with van der Waals surface area (Å²) in [5, 5.41) is 4.62. The molecule has 6 nitrogen and oxygen atoms in total. The minimum atomic E-state index is -3.70. The summed E-state index contributed by atoms with van der Waals surface area (Å²) in [5.74, 6) is 0.204. The Morgan fingerprint density at radius 2 is 1.96 bits per heavy atom. The average Bonchev–Trinajstić information content (AvgIpc) is 2.87. The van der Waals surface area contributed by atoms with E-state index in [1.54, 1.807) is 6.07 Å². The Balaban J connectivity index is 1.68. The molecule has 0 bridgehead atoms. The standard InChI is InChI=1S/C20H22N2O4S2/c1-14(11-20(24)21-13-15-5-3-2-4-6-15)28(25,26)16-7-8-18-17(12-16)22-19(23)9-10-27-18/h2-8,12,14H,9-11,13H2,1H3,(H,21,24)(H,22,23). The molecule has 2 aromatic rings. The summed E-state index contributed by atoms with van der Waals surface area (Å²) < 4.78 is 25.8. The molecule has 0 aliphatic carbocycles. The third kappa shape index (κ3) is 4.94. The topological polar surface area (TPSA) is 92.3 Å². The molecule has 28 heavy (non-hydrogen) atoms. The van der Waals surface area contributed by atoms with Gasteiger partial charge in [-0.05, 0) is 30.7 Å². The summed E-state index contributed by atoms with van der Waals surface area (Å²) in [6.45, 7) is 1.88. The number of hydrogen-bond donors (Lipinski definition) is 2. The van der Waals surface area contributed by atoms with Crippen LogP contribution in [0, 0.1) is 0 Å². The van der Waals surface area contributed by atoms with Gasteiger partial charge in [0.1, 0.15) is 0 Å². The smallest absolute Gasteiger partial charge is 0.225 e. The van der Waals surface area contributed by atoms with E-state index in [0.717, 1.165) is 10.5 Å². The van der Waals surface area contributed by atoms with Crippen LogP contribution in [-0.2, 0) is 26.0 Å². The lowest BCUT2D eigenvalue weighted by Gasteiger charge is -2.15. The van der Waals surface area contributed by atoms with Crippen molar-refractivity contribution in [3.8, 4) is 0 Å². The second-order valence-corrected chi connectivity index (χ2v) is 10.1. The van der Waals surface area contributed by atoms with Gasteiger partial charge in [-0.3, -0.25) is 9.59 Å². The lowest BCUT2D eigenvalue weighted by Crippen LogP contribution is -2.29. The van der Waals surface area contributed by atoms with Crippen LogP contribution < -0.4 is 10.6 Å². The van der Waals surface area contributed by atoms with Crippen LogP contribution in [0.3, 0.4) is 0 Å². The van der Waals surface area contributed by atoms with Gasteiger partial charge in [-0.15, -0.1) is 11.8 Å². The van der Waals surface area contributed by atoms with Crippen LogP contribution in [0.25, 0.3) is 0 Å². The SMILES string of the molecule is CC(CC(=O)NCc1ccccc1)S(=O)(=O)c1ccc2c(c1)NC(=O)CCS2. The van der Waals surface area contributed by atoms with Crippen molar-refractivity contribution in [2.24, 2.45) is 0 Å². The van der Waals surface area contributed by atoms with Crippen LogP contribution in [0.4, 0.5) is 5.69 Å². The first-order valence-electron chi connectivity index (χ1n) is 8.97. The highest BCUT2D eigenvalue weighted by atomic mass is 32.2. The summed E-state index contributed by atoms with van der Waals surface area (Å²) in [6, 6.07) is 14.2. The highest BCUT2D eigenvalue weighted by molar-refractivity contribution is 7.99. The van der Waals surface area contributed by atoms with E-state index in [-0.39, 0.29) is 23.1 Å². The molecule has 0 aromatic heterocycles. The molecule has 0 saturated carbocycles. The quantitative estimate of drug-likeness (QED) is 0.752. The summed E-state index contributed by atoms with van der Waals surface area (Å²) >= 11 is 1.51. The van der Waals surface area contributed by atoms with Crippen molar-refractivity contribution in [3.63, 3.8) is 0 Å². The Morgan fingerprint density at radius 3 is 2.71 bits per heavy atom. The van der Waals surface area contributed by atoms with Crippen molar-refractivity contribution in [2.75, 3.05) is 11.1 Å². The van der Waals surface area contributed by atoms with Crippen LogP contribution in [0.1, 0.15) is 25.3 Å². The number of hydrogen-bond acceptors (Lipinski definition) is 5. The molecular formula is C20H22N2O4S2. The van der Waals surface area contributed by atoms with Crippen LogP contribution in [0.5, 0.6) is 0 Å². The number of amides is 2. The second-order valence-electron chi connectivity index (χ2n) is 6.63. The number of nitrogens with one attached hydrogen (secondary N) is 2. The zero-order chi connectivity index (χ0) is 20.1. The van der Waals surface area contributed by atoms with E-state index < -0.39 is 15.1 Å². The summed E-state index contributed by atoms with van der Waals surface area (Å²) in [7, 11) is -3.70. The maximum absolute atomic E-state index is 12.9. The average molecular weight is 419 g/mol. The first kappa shape index (κ1) is 20.4. The van der Waals surface area contributed by atoms with E-state index in [1.807, 2.05) is 30.3 Å². The van der Waals surface area contributed by atoms with Crippen LogP contribution in [0.15, 0.2) is 58.3 Å². The molecular weight excluding hydrogens is 396 g/mol. The summed E-state index contributed by atoms with van der Waals surface area (Å²) in [5.41, 5.74) is 1.46. The Bertz CT molecular complexity index is 975. The highest BCUT2D eigenvalue weighted by Gasteiger charge is 2.27. The lowest BCUT2D eigenvalue weighted by molar-refractivity contribution is -0.121. The lowest BCUT2D eigenvalue weighted by atomic mass is 10.2. The van der Waals surface area contributed by atoms with E-state index in [0.29, 0.717) is 24.4 Å². The molecule has 3 rings (SSSR count). The van der Waals surface area contributed by atoms with Crippen molar-refractivity contribution in [1.82, 2.24) is 5.32 Å². The Kier molecular flexibility index (Phi) is 6.41. The number of benzene rings is 2. The predicted octanol–water partition coefficient (Wildman–Crippen LogP) is 2.99. The largest absolute Gasteiger partial charge is 0.352 e. The Labute approximate surface area is 169 Å². The molecule has 0 fully saturated rings. The molecule has 8 heteroatoms. The normalized spacial score (nSPS) is 15.1. The van der Waals surface area contributed by atoms with Crippen molar-refractivity contribution in [3.05, 3.63) is 54.1 Å². The molecule has 0 radical (unpaired) electrons. The maximum Gasteiger partial charge on any atom is 0.225 e. The number of sulfone groups is 1. The zero-order valence-electron chi connectivity index (χ0n) is 15.5. The maximum atomic E-state index is 12.9. The number of anilines is 1. The number of carbonyl (C=O) groups is 2. The van der Waals surface area contributed by atoms with Gasteiger partial charge < -0.3 is 10.6 Å². The van der Waals surface area contributed by atoms with Crippen LogP contribution in [-0.4, -0.2) is 31.2 Å². The number of carbonyl (C=O) groups excluding carboxylic acids is 2. The van der Waals surface area contributed by atoms with Gasteiger partial charge in [0.15, 0.2) is 9.84 Å². The van der Waals surface area contributed by atoms with E-state index in [1.165, 1.54) is 30.8 Å². The molecule has 2 aromatic carbocycles. The molecule has 0 saturated heterocycles. The molecule has 1 unspecified atom stereocenters. The third-order valence-electron chi connectivity index (χ3n) is 4.48. The van der Waals surface area contributed by atoms with E-state index >= 15 is 0 Å². The fourth-order valence-corrected chi connectivity index (χ4v) is 5.16. The fraction of sp³-hybridized carbons (Fsp3) is 0.300. The van der Waals surface area contributed by atoms with Crippen LogP contribution >= 0.6 is 11.8 Å². The molecule has 1 heterocycles. The fourth-order valence-electron chi connectivity index (χ4n) is 2.85. The van der Waals surface area contributed by atoms with Gasteiger partial charge in [-0.1, -0.05) is 30.3 Å². The summed E-state index contributed by atoms with van der Waals surface area (Å²) in [6.07, 6.45) is 0.257. The van der Waals surface area contributed by atoms with Gasteiger partial charge in [0.25, 0.3) is 0 Å². The molecule has 1 atom stereocenters. The third-order valence-corrected chi connectivity index (χ3v) is 7.69. The van der Waals surface area contributed by atoms with Crippen molar-refractivity contribution in [1.29, 1.82) is 0 Å². The molecule has 2 amide bonds. The van der Waals surface area contributed by atoms with Gasteiger partial charge in [0.2, 0.25) is 11.8 Å². The minimum absolute atomic E-state index is 0.109. The molecule has 2 N–H and O–H groups in total.